The first kappa shape index (κ1) is 57.7. The van der Waals surface area contributed by atoms with Gasteiger partial charge in [0.1, 0.15) is 5.82 Å². The predicted octanol–water partition coefficient (Wildman–Crippen LogP) is 14.6. The van der Waals surface area contributed by atoms with Gasteiger partial charge in [0.25, 0.3) is 0 Å². The zero-order valence-corrected chi connectivity index (χ0v) is 51.1. The van der Waals surface area contributed by atoms with Crippen LogP contribution in [0.5, 0.6) is 11.5 Å². The molecule has 0 spiro atoms. The molecule has 8 aromatic rings. The van der Waals surface area contributed by atoms with Crippen molar-refractivity contribution in [2.24, 2.45) is 0 Å². The molecule has 0 aliphatic carbocycles. The molecule has 5 heterocycles. The number of hydrogen-bond acceptors (Lipinski definition) is 10. The molecule has 0 saturated carbocycles. The molecule has 3 aliphatic rings. The standard InChI is InChI=1S/C62H69B6N4O7.Pt/c1-58(2,3)44-37-50(63-74-65(59(4,5)6)78-66(75-63)60(7,8)9)57(51(38-44)64-76-67(61(10,11)12)79-68(77-64)62(13,14)15)71-41-70(53-28-19-20-29-54(53)71)45-26-23-27-46(39-45)73-47-32-33-48-49-36-43(42-24-17-16-18-25-42)31-34-52(49)72(55(48)40-47)56-30-21-22-35-69-56;/h16-38,41H,1-15H3;/q-3;. The van der Waals surface area contributed by atoms with Gasteiger partial charge in [-0.15, -0.1) is 48.1 Å². The van der Waals surface area contributed by atoms with E-state index in [-0.39, 0.29) is 47.7 Å². The number of benzene rings is 6. The molecule has 11 rings (SSSR count). The van der Waals surface area contributed by atoms with Crippen molar-refractivity contribution in [3.63, 3.8) is 0 Å². The van der Waals surface area contributed by atoms with Crippen LogP contribution < -0.4 is 25.5 Å². The quantitative estimate of drug-likeness (QED) is 0.108. The Labute approximate surface area is 490 Å². The van der Waals surface area contributed by atoms with Gasteiger partial charge in [-0.3, -0.25) is 0 Å². The van der Waals surface area contributed by atoms with Gasteiger partial charge in [-0.1, -0.05) is 182 Å². The van der Waals surface area contributed by atoms with Crippen LogP contribution in [0.15, 0.2) is 140 Å². The summed E-state index contributed by atoms with van der Waals surface area (Å²) in [5, 5.41) is 0.595. The molecule has 3 aliphatic heterocycles. The molecule has 2 saturated heterocycles. The Kier molecular flexibility index (Phi) is 15.6. The molecule has 0 atom stereocenters. The third-order valence-electron chi connectivity index (χ3n) is 14.6. The number of rotatable bonds is 8. The summed E-state index contributed by atoms with van der Waals surface area (Å²) in [6.45, 7) is 34.4. The maximum absolute atomic E-state index is 7.06. The van der Waals surface area contributed by atoms with Gasteiger partial charge in [0.15, 0.2) is 0 Å². The summed E-state index contributed by atoms with van der Waals surface area (Å²) in [7, 11) is -4.09. The number of anilines is 4. The number of nitrogens with zero attached hydrogens (tertiary/aromatic N) is 4. The molecule has 6 aromatic carbocycles. The van der Waals surface area contributed by atoms with Gasteiger partial charge in [-0.2, -0.15) is 12.1 Å². The van der Waals surface area contributed by atoms with Crippen molar-refractivity contribution in [3.8, 4) is 28.4 Å². The second-order valence-electron chi connectivity index (χ2n) is 26.6. The van der Waals surface area contributed by atoms with E-state index in [0.29, 0.717) is 11.5 Å². The Morgan fingerprint density at radius 2 is 1.02 bits per heavy atom. The van der Waals surface area contributed by atoms with E-state index < -0.39 is 42.7 Å². The molecule has 2 fully saturated rings. The van der Waals surface area contributed by atoms with E-state index in [0.717, 1.165) is 78.0 Å². The number of pyridine rings is 1. The minimum atomic E-state index is -0.858. The fourth-order valence-corrected chi connectivity index (χ4v) is 10.3. The van der Waals surface area contributed by atoms with Crippen LogP contribution in [0.4, 0.5) is 22.7 Å². The molecule has 0 amide bonds. The zero-order valence-electron chi connectivity index (χ0n) is 48.8. The van der Waals surface area contributed by atoms with Crippen molar-refractivity contribution in [1.82, 2.24) is 9.55 Å². The molecule has 18 heteroatoms. The van der Waals surface area contributed by atoms with Gasteiger partial charge >= 0.3 is 42.7 Å². The van der Waals surface area contributed by atoms with E-state index in [1.165, 1.54) is 0 Å². The Morgan fingerprint density at radius 1 is 0.487 bits per heavy atom. The molecule has 11 nitrogen and oxygen atoms in total. The third-order valence-corrected chi connectivity index (χ3v) is 14.6. The van der Waals surface area contributed by atoms with Crippen LogP contribution in [0.3, 0.4) is 0 Å². The monoisotopic (exact) mass is 1240 g/mol. The van der Waals surface area contributed by atoms with E-state index in [2.05, 4.69) is 222 Å². The number of para-hydroxylation sites is 2. The molecule has 0 radical (unpaired) electrons. The number of ether oxygens (including phenoxy) is 1. The topological polar surface area (TPSA) is 88.9 Å². The Bertz CT molecular complexity index is 3430. The largest absolute Gasteiger partial charge is 0.509 e. The second kappa shape index (κ2) is 21.7. The van der Waals surface area contributed by atoms with E-state index in [1.54, 1.807) is 0 Å². The zero-order chi connectivity index (χ0) is 56.0. The summed E-state index contributed by atoms with van der Waals surface area (Å²) < 4.78 is 50.5. The predicted molar refractivity (Wildman–Crippen MR) is 328 cm³/mol. The molecule has 0 N–H and O–H groups in total. The molecule has 0 bridgehead atoms. The van der Waals surface area contributed by atoms with Crippen molar-refractivity contribution >= 4 is 98.2 Å². The Hall–Kier alpha value is -5.49. The molecule has 0 unspecified atom stereocenters. The maximum atomic E-state index is 7.06. The van der Waals surface area contributed by atoms with Crippen LogP contribution in [0.1, 0.15) is 109 Å². The van der Waals surface area contributed by atoms with Gasteiger partial charge in [0.05, 0.1) is 0 Å². The number of fused-ring (bicyclic) bond motifs is 4. The molecular formula is C62H69B6N4O7Pt-3. The SMILES string of the molecule is CC(C)(C)B1OB(c2cc(C(C)(C)C)cc(B3OB(C(C)(C)C)OB(C(C)(C)C)O3)c2N2[CH-]N(c3[c-]c(Oc4[c-]c5c(cc4)c4cc(-c6ccccc6)ccc4n5-c4ccccn4)ccc3)c3ccccc32)OB(C(C)(C)C)O1.[Pt]. The third kappa shape index (κ3) is 11.5. The van der Waals surface area contributed by atoms with Gasteiger partial charge in [-0.05, 0) is 79.1 Å². The van der Waals surface area contributed by atoms with Crippen molar-refractivity contribution < 1.29 is 53.2 Å². The van der Waals surface area contributed by atoms with Crippen LogP contribution in [0.2, 0.25) is 21.3 Å². The summed E-state index contributed by atoms with van der Waals surface area (Å²) in [6, 6.07) is 53.2. The first-order valence-electron chi connectivity index (χ1n) is 27.6. The fraction of sp³-hybridized carbons (Fsp3) is 0.323. The fourth-order valence-electron chi connectivity index (χ4n) is 10.3. The minimum Gasteiger partial charge on any atom is -0.509 e. The van der Waals surface area contributed by atoms with Crippen molar-refractivity contribution in [3.05, 3.63) is 164 Å². The summed E-state index contributed by atoms with van der Waals surface area (Å²) in [6.07, 6.45) is 1.82. The number of aromatic nitrogens is 2. The smallest absolute Gasteiger partial charge is 0.468 e. The first-order chi connectivity index (χ1) is 37.3. The van der Waals surface area contributed by atoms with E-state index in [1.807, 2.05) is 54.7 Å². The molecule has 2 aromatic heterocycles. The number of hydrogen-bond donors (Lipinski definition) is 0. The maximum Gasteiger partial charge on any atom is 0.468 e. The van der Waals surface area contributed by atoms with Crippen LogP contribution in [0, 0.1) is 18.8 Å². The van der Waals surface area contributed by atoms with Gasteiger partial charge in [0.2, 0.25) is 0 Å². The van der Waals surface area contributed by atoms with E-state index in [4.69, 9.17) is 37.2 Å². The van der Waals surface area contributed by atoms with Crippen LogP contribution >= 0.6 is 0 Å². The van der Waals surface area contributed by atoms with Crippen molar-refractivity contribution in [1.29, 1.82) is 0 Å². The molecular weight excluding hydrogens is 1170 g/mol. The summed E-state index contributed by atoms with van der Waals surface area (Å²) >= 11 is 0. The second-order valence-corrected chi connectivity index (χ2v) is 26.6. The summed E-state index contributed by atoms with van der Waals surface area (Å²) in [5.41, 5.74) is 9.96. The Balaban J connectivity index is 0.00000720. The van der Waals surface area contributed by atoms with Gasteiger partial charge in [0, 0.05) is 72.3 Å². The first-order valence-corrected chi connectivity index (χ1v) is 27.6. The molecule has 410 valence electrons. The van der Waals surface area contributed by atoms with Crippen LogP contribution in [0.25, 0.3) is 38.8 Å². The molecule has 80 heavy (non-hydrogen) atoms. The van der Waals surface area contributed by atoms with Crippen molar-refractivity contribution in [2.45, 2.75) is 131 Å². The summed E-state index contributed by atoms with van der Waals surface area (Å²) in [5.74, 6) is 1.86. The summed E-state index contributed by atoms with van der Waals surface area (Å²) in [4.78, 5) is 9.16. The normalized spacial score (nSPS) is 15.8. The Morgan fingerprint density at radius 3 is 1.56 bits per heavy atom. The van der Waals surface area contributed by atoms with Gasteiger partial charge < -0.3 is 46.5 Å². The van der Waals surface area contributed by atoms with Gasteiger partial charge in [-0.25, -0.2) is 4.98 Å². The van der Waals surface area contributed by atoms with E-state index in [9.17, 15) is 0 Å². The van der Waals surface area contributed by atoms with E-state index >= 15 is 0 Å². The van der Waals surface area contributed by atoms with Crippen molar-refractivity contribution in [2.75, 3.05) is 9.80 Å². The average Bonchev–Trinajstić information content (AvgIpc) is 4.08. The average molecular weight is 1240 g/mol. The minimum absolute atomic E-state index is 0. The van der Waals surface area contributed by atoms with Crippen LogP contribution in [-0.4, -0.2) is 52.3 Å². The van der Waals surface area contributed by atoms with Crippen LogP contribution in [-0.2, 0) is 53.9 Å².